The van der Waals surface area contributed by atoms with Crippen LogP contribution < -0.4 is 5.32 Å². The molecule has 1 aliphatic heterocycles. The van der Waals surface area contributed by atoms with E-state index in [1.165, 1.54) is 0 Å². The van der Waals surface area contributed by atoms with Crippen LogP contribution in [0.1, 0.15) is 61.2 Å². The summed E-state index contributed by atoms with van der Waals surface area (Å²) in [7, 11) is 0. The summed E-state index contributed by atoms with van der Waals surface area (Å²) >= 11 is 0. The second kappa shape index (κ2) is 8.79. The van der Waals surface area contributed by atoms with E-state index in [9.17, 15) is 9.59 Å². The molecule has 2 aromatic rings. The van der Waals surface area contributed by atoms with Gasteiger partial charge in [0, 0.05) is 31.5 Å². The van der Waals surface area contributed by atoms with Crippen molar-refractivity contribution in [2.24, 2.45) is 5.92 Å². The minimum atomic E-state index is -0.176. The molecular weight excluding hydrogens is 344 g/mol. The number of nitrogens with zero attached hydrogens (tertiary/aromatic N) is 3. The van der Waals surface area contributed by atoms with Gasteiger partial charge >= 0.3 is 0 Å². The number of amides is 2. The van der Waals surface area contributed by atoms with Crippen LogP contribution >= 0.6 is 0 Å². The number of benzene rings is 1. The molecule has 1 atom stereocenters. The largest absolute Gasteiger partial charge is 0.356 e. The quantitative estimate of drug-likeness (QED) is 0.810. The lowest BCUT2D eigenvalue weighted by Crippen LogP contribution is -2.31. The zero-order valence-electron chi connectivity index (χ0n) is 15.9. The van der Waals surface area contributed by atoms with Crippen molar-refractivity contribution in [1.82, 2.24) is 20.4 Å². The van der Waals surface area contributed by atoms with Crippen LogP contribution in [0.15, 0.2) is 34.9 Å². The van der Waals surface area contributed by atoms with Crippen molar-refractivity contribution in [3.05, 3.63) is 47.6 Å². The maximum Gasteiger partial charge on any atom is 0.254 e. The fourth-order valence-electron chi connectivity index (χ4n) is 3.16. The van der Waals surface area contributed by atoms with Gasteiger partial charge in [-0.1, -0.05) is 37.2 Å². The molecule has 1 N–H and O–H groups in total. The molecule has 1 aliphatic rings. The third kappa shape index (κ3) is 4.93. The Morgan fingerprint density at radius 1 is 1.30 bits per heavy atom. The van der Waals surface area contributed by atoms with Gasteiger partial charge in [0.25, 0.3) is 5.91 Å². The topological polar surface area (TPSA) is 88.3 Å². The molecule has 7 heteroatoms. The summed E-state index contributed by atoms with van der Waals surface area (Å²) in [6.07, 6.45) is 2.43. The Kier molecular flexibility index (Phi) is 6.21. The minimum Gasteiger partial charge on any atom is -0.356 e. The van der Waals surface area contributed by atoms with E-state index in [4.69, 9.17) is 4.52 Å². The molecule has 1 unspecified atom stereocenters. The SMILES string of the molecule is CC(C)CNC(=O)CCc1nc(C2CCCN2C(=O)c2ccccc2)no1. The van der Waals surface area contributed by atoms with E-state index >= 15 is 0 Å². The van der Waals surface area contributed by atoms with Gasteiger partial charge in [-0.15, -0.1) is 0 Å². The van der Waals surface area contributed by atoms with E-state index in [0.29, 0.717) is 49.1 Å². The highest BCUT2D eigenvalue weighted by atomic mass is 16.5. The lowest BCUT2D eigenvalue weighted by atomic mass is 10.1. The van der Waals surface area contributed by atoms with Crippen molar-refractivity contribution < 1.29 is 14.1 Å². The molecule has 3 rings (SSSR count). The van der Waals surface area contributed by atoms with Gasteiger partial charge in [0.1, 0.15) is 0 Å². The molecule has 0 saturated carbocycles. The molecular formula is C20H26N4O3. The van der Waals surface area contributed by atoms with Crippen molar-refractivity contribution >= 4 is 11.8 Å². The minimum absolute atomic E-state index is 0.0162. The highest BCUT2D eigenvalue weighted by Gasteiger charge is 2.33. The summed E-state index contributed by atoms with van der Waals surface area (Å²) in [4.78, 5) is 30.8. The summed E-state index contributed by atoms with van der Waals surface area (Å²) in [6.45, 7) is 5.44. The third-order valence-electron chi connectivity index (χ3n) is 4.59. The number of hydrogen-bond acceptors (Lipinski definition) is 5. The zero-order chi connectivity index (χ0) is 19.2. The molecule has 0 aliphatic carbocycles. The standard InChI is InChI=1S/C20H26N4O3/c1-14(2)13-21-17(25)10-11-18-22-19(23-27-18)16-9-6-12-24(16)20(26)15-7-4-3-5-8-15/h3-5,7-8,14,16H,6,9-13H2,1-2H3,(H,21,25). The number of carbonyl (C=O) groups is 2. The first kappa shape index (κ1) is 19.1. The summed E-state index contributed by atoms with van der Waals surface area (Å²) in [5.41, 5.74) is 0.662. The van der Waals surface area contributed by atoms with Crippen LogP contribution in [0, 0.1) is 5.92 Å². The van der Waals surface area contributed by atoms with Crippen molar-refractivity contribution in [1.29, 1.82) is 0 Å². The Morgan fingerprint density at radius 3 is 2.81 bits per heavy atom. The highest BCUT2D eigenvalue weighted by Crippen LogP contribution is 2.31. The van der Waals surface area contributed by atoms with Crippen LogP contribution in [0.5, 0.6) is 0 Å². The first-order chi connectivity index (χ1) is 13.0. The van der Waals surface area contributed by atoms with Gasteiger partial charge in [0.2, 0.25) is 11.8 Å². The molecule has 0 bridgehead atoms. The van der Waals surface area contributed by atoms with E-state index in [2.05, 4.69) is 29.3 Å². The van der Waals surface area contributed by atoms with Crippen LogP contribution in [-0.4, -0.2) is 39.9 Å². The monoisotopic (exact) mass is 370 g/mol. The molecule has 0 radical (unpaired) electrons. The number of carbonyl (C=O) groups excluding carboxylic acids is 2. The van der Waals surface area contributed by atoms with Crippen molar-refractivity contribution in [3.63, 3.8) is 0 Å². The molecule has 144 valence electrons. The van der Waals surface area contributed by atoms with Gasteiger partial charge in [-0.2, -0.15) is 4.98 Å². The predicted octanol–water partition coefficient (Wildman–Crippen LogP) is 2.75. The molecule has 1 aromatic heterocycles. The second-order valence-corrected chi connectivity index (χ2v) is 7.27. The van der Waals surface area contributed by atoms with E-state index in [0.717, 1.165) is 12.8 Å². The number of nitrogens with one attached hydrogen (secondary N) is 1. The Bertz CT molecular complexity index is 773. The van der Waals surface area contributed by atoms with Gasteiger partial charge in [0.15, 0.2) is 5.82 Å². The number of hydrogen-bond donors (Lipinski definition) is 1. The molecule has 0 spiro atoms. The third-order valence-corrected chi connectivity index (χ3v) is 4.59. The first-order valence-corrected chi connectivity index (χ1v) is 9.50. The Balaban J connectivity index is 1.60. The molecule has 27 heavy (non-hydrogen) atoms. The van der Waals surface area contributed by atoms with Crippen LogP contribution in [-0.2, 0) is 11.2 Å². The number of likely N-dealkylation sites (tertiary alicyclic amines) is 1. The molecule has 7 nitrogen and oxygen atoms in total. The van der Waals surface area contributed by atoms with E-state index in [1.807, 2.05) is 30.3 Å². The fourth-order valence-corrected chi connectivity index (χ4v) is 3.16. The zero-order valence-corrected chi connectivity index (χ0v) is 15.9. The lowest BCUT2D eigenvalue weighted by Gasteiger charge is -2.22. The number of aryl methyl sites for hydroxylation is 1. The van der Waals surface area contributed by atoms with Gasteiger partial charge < -0.3 is 14.7 Å². The molecule has 2 amide bonds. The Morgan fingerprint density at radius 2 is 2.07 bits per heavy atom. The van der Waals surface area contributed by atoms with Crippen molar-refractivity contribution in [2.45, 2.75) is 45.6 Å². The molecule has 1 saturated heterocycles. The summed E-state index contributed by atoms with van der Waals surface area (Å²) < 4.78 is 5.31. The van der Waals surface area contributed by atoms with Gasteiger partial charge in [0.05, 0.1) is 6.04 Å². The van der Waals surface area contributed by atoms with Crippen LogP contribution in [0.3, 0.4) is 0 Å². The second-order valence-electron chi connectivity index (χ2n) is 7.27. The summed E-state index contributed by atoms with van der Waals surface area (Å²) in [6, 6.07) is 9.06. The average Bonchev–Trinajstić information content (AvgIpc) is 3.33. The highest BCUT2D eigenvalue weighted by molar-refractivity contribution is 5.94. The van der Waals surface area contributed by atoms with E-state index < -0.39 is 0 Å². The fraction of sp³-hybridized carbons (Fsp3) is 0.500. The molecule has 1 aromatic carbocycles. The number of rotatable bonds is 7. The van der Waals surface area contributed by atoms with Gasteiger partial charge in [-0.3, -0.25) is 9.59 Å². The lowest BCUT2D eigenvalue weighted by molar-refractivity contribution is -0.121. The van der Waals surface area contributed by atoms with Crippen molar-refractivity contribution in [2.75, 3.05) is 13.1 Å². The van der Waals surface area contributed by atoms with E-state index in [1.54, 1.807) is 4.90 Å². The molecule has 1 fully saturated rings. The van der Waals surface area contributed by atoms with E-state index in [-0.39, 0.29) is 17.9 Å². The maximum absolute atomic E-state index is 12.8. The van der Waals surface area contributed by atoms with Gasteiger partial charge in [-0.05, 0) is 30.9 Å². The maximum atomic E-state index is 12.8. The van der Waals surface area contributed by atoms with Crippen LogP contribution in [0.4, 0.5) is 0 Å². The van der Waals surface area contributed by atoms with Crippen molar-refractivity contribution in [3.8, 4) is 0 Å². The molecule has 2 heterocycles. The Hall–Kier alpha value is -2.70. The summed E-state index contributed by atoms with van der Waals surface area (Å²) in [5, 5.41) is 6.94. The van der Waals surface area contributed by atoms with Crippen LogP contribution in [0.2, 0.25) is 0 Å². The van der Waals surface area contributed by atoms with Gasteiger partial charge in [-0.25, -0.2) is 0 Å². The number of aromatic nitrogens is 2. The Labute approximate surface area is 159 Å². The average molecular weight is 370 g/mol. The first-order valence-electron chi connectivity index (χ1n) is 9.50. The summed E-state index contributed by atoms with van der Waals surface area (Å²) in [5.74, 6) is 1.33. The predicted molar refractivity (Wildman–Crippen MR) is 99.9 cm³/mol. The van der Waals surface area contributed by atoms with Crippen LogP contribution in [0.25, 0.3) is 0 Å². The normalized spacial score (nSPS) is 16.7. The smallest absolute Gasteiger partial charge is 0.254 e.